The van der Waals surface area contributed by atoms with Gasteiger partial charge in [0.05, 0.1) is 0 Å². The smallest absolute Gasteiger partial charge is 0.0130 e. The van der Waals surface area contributed by atoms with Crippen molar-refractivity contribution in [3.05, 3.63) is 0 Å². The first-order valence-electron chi connectivity index (χ1n) is 6.70. The van der Waals surface area contributed by atoms with Crippen molar-refractivity contribution in [2.45, 2.75) is 76.0 Å². The molecule has 1 rings (SSSR count). The van der Waals surface area contributed by atoms with E-state index in [1.807, 2.05) is 0 Å². The highest BCUT2D eigenvalue weighted by Gasteiger charge is 2.14. The lowest BCUT2D eigenvalue weighted by molar-refractivity contribution is 0.514. The summed E-state index contributed by atoms with van der Waals surface area (Å²) < 4.78 is 0. The molecule has 1 saturated carbocycles. The van der Waals surface area contributed by atoms with Crippen molar-refractivity contribution in [2.24, 2.45) is 5.73 Å². The average molecular weight is 229 g/mol. The van der Waals surface area contributed by atoms with Gasteiger partial charge in [-0.2, -0.15) is 11.8 Å². The predicted molar refractivity (Wildman–Crippen MR) is 71.4 cm³/mol. The Labute approximate surface area is 99.6 Å². The maximum Gasteiger partial charge on any atom is 0.0130 e. The van der Waals surface area contributed by atoms with Gasteiger partial charge in [-0.25, -0.2) is 0 Å². The van der Waals surface area contributed by atoms with Crippen LogP contribution in [-0.2, 0) is 0 Å². The van der Waals surface area contributed by atoms with Gasteiger partial charge in [-0.1, -0.05) is 45.4 Å². The Balaban J connectivity index is 1.97. The second-order valence-corrected chi connectivity index (χ2v) is 6.18. The normalized spacial score (nSPS) is 20.4. The van der Waals surface area contributed by atoms with Crippen LogP contribution in [0.1, 0.15) is 64.7 Å². The number of thioether (sulfide) groups is 1. The van der Waals surface area contributed by atoms with Crippen molar-refractivity contribution < 1.29 is 0 Å². The van der Waals surface area contributed by atoms with Gasteiger partial charge in [0.1, 0.15) is 0 Å². The molecule has 0 aromatic rings. The van der Waals surface area contributed by atoms with Crippen LogP contribution in [0.15, 0.2) is 0 Å². The summed E-state index contributed by atoms with van der Waals surface area (Å²) in [4.78, 5) is 0. The summed E-state index contributed by atoms with van der Waals surface area (Å²) in [5, 5.41) is 0.927. The fraction of sp³-hybridized carbons (Fsp3) is 1.00. The van der Waals surface area contributed by atoms with E-state index in [0.717, 1.165) is 5.25 Å². The molecular weight excluding hydrogens is 202 g/mol. The molecule has 15 heavy (non-hydrogen) atoms. The first-order valence-corrected chi connectivity index (χ1v) is 7.75. The molecule has 1 nitrogen and oxygen atoms in total. The molecule has 0 amide bonds. The number of nitrogens with two attached hydrogens (primary N) is 1. The predicted octanol–water partition coefficient (Wildman–Crippen LogP) is 3.96. The Kier molecular flexibility index (Phi) is 7.54. The highest BCUT2D eigenvalue weighted by Crippen LogP contribution is 2.28. The summed E-state index contributed by atoms with van der Waals surface area (Å²) in [6.07, 6.45) is 12.4. The average Bonchev–Trinajstić information content (AvgIpc) is 2.28. The van der Waals surface area contributed by atoms with Crippen LogP contribution in [0.4, 0.5) is 0 Å². The third-order valence-electron chi connectivity index (χ3n) is 3.28. The molecule has 0 aromatic heterocycles. The molecule has 0 bridgehead atoms. The molecule has 1 aliphatic rings. The Morgan fingerprint density at radius 1 is 1.20 bits per heavy atom. The van der Waals surface area contributed by atoms with Gasteiger partial charge in [0.15, 0.2) is 0 Å². The molecule has 1 atom stereocenters. The maximum absolute atomic E-state index is 6.11. The summed E-state index contributed by atoms with van der Waals surface area (Å²) >= 11 is 2.14. The van der Waals surface area contributed by atoms with Gasteiger partial charge in [0, 0.05) is 17.0 Å². The highest BCUT2D eigenvalue weighted by atomic mass is 32.2. The topological polar surface area (TPSA) is 26.0 Å². The number of unbranched alkanes of at least 4 members (excludes halogenated alkanes) is 2. The van der Waals surface area contributed by atoms with Crippen LogP contribution < -0.4 is 5.73 Å². The van der Waals surface area contributed by atoms with E-state index in [4.69, 9.17) is 5.73 Å². The van der Waals surface area contributed by atoms with Crippen LogP contribution in [0.5, 0.6) is 0 Å². The van der Waals surface area contributed by atoms with Gasteiger partial charge in [-0.05, 0) is 19.3 Å². The van der Waals surface area contributed by atoms with E-state index in [1.165, 1.54) is 63.5 Å². The largest absolute Gasteiger partial charge is 0.327 e. The second kappa shape index (κ2) is 8.46. The van der Waals surface area contributed by atoms with Gasteiger partial charge >= 0.3 is 0 Å². The zero-order valence-corrected chi connectivity index (χ0v) is 11.0. The van der Waals surface area contributed by atoms with Gasteiger partial charge in [-0.15, -0.1) is 0 Å². The quantitative estimate of drug-likeness (QED) is 0.669. The molecule has 0 aromatic carbocycles. The van der Waals surface area contributed by atoms with E-state index >= 15 is 0 Å². The maximum atomic E-state index is 6.11. The highest BCUT2D eigenvalue weighted by molar-refractivity contribution is 7.99. The van der Waals surface area contributed by atoms with Crippen molar-refractivity contribution in [3.63, 3.8) is 0 Å². The van der Waals surface area contributed by atoms with Gasteiger partial charge in [0.25, 0.3) is 0 Å². The van der Waals surface area contributed by atoms with E-state index in [0.29, 0.717) is 6.04 Å². The number of hydrogen-bond acceptors (Lipinski definition) is 2. The fourth-order valence-corrected chi connectivity index (χ4v) is 3.58. The van der Waals surface area contributed by atoms with Gasteiger partial charge < -0.3 is 5.73 Å². The van der Waals surface area contributed by atoms with E-state index < -0.39 is 0 Å². The standard InChI is InChI=1S/C13H27NS/c1-2-3-5-8-12(14)11-15-13-9-6-4-7-10-13/h12-13H,2-11,14H2,1H3. The lowest BCUT2D eigenvalue weighted by Crippen LogP contribution is -2.24. The molecule has 90 valence electrons. The van der Waals surface area contributed by atoms with Crippen LogP contribution in [0.25, 0.3) is 0 Å². The Bertz CT molecular complexity index is 143. The summed E-state index contributed by atoms with van der Waals surface area (Å²) in [5.41, 5.74) is 6.11. The third-order valence-corrected chi connectivity index (χ3v) is 4.84. The number of rotatable bonds is 7. The Hall–Kier alpha value is 0.310. The van der Waals surface area contributed by atoms with Crippen LogP contribution in [0, 0.1) is 0 Å². The molecule has 0 aliphatic heterocycles. The van der Waals surface area contributed by atoms with Crippen molar-refractivity contribution in [1.29, 1.82) is 0 Å². The minimum absolute atomic E-state index is 0.448. The van der Waals surface area contributed by atoms with Crippen LogP contribution in [-0.4, -0.2) is 17.0 Å². The fourth-order valence-electron chi connectivity index (χ4n) is 2.23. The van der Waals surface area contributed by atoms with E-state index in [1.54, 1.807) is 0 Å². The molecule has 2 N–H and O–H groups in total. The molecule has 0 radical (unpaired) electrons. The van der Waals surface area contributed by atoms with Crippen LogP contribution in [0.2, 0.25) is 0 Å². The monoisotopic (exact) mass is 229 g/mol. The Morgan fingerprint density at radius 3 is 2.60 bits per heavy atom. The zero-order chi connectivity index (χ0) is 10.9. The van der Waals surface area contributed by atoms with Crippen LogP contribution in [0.3, 0.4) is 0 Å². The summed E-state index contributed by atoms with van der Waals surface area (Å²) in [7, 11) is 0. The number of hydrogen-bond donors (Lipinski definition) is 1. The Morgan fingerprint density at radius 2 is 1.93 bits per heavy atom. The van der Waals surface area contributed by atoms with Gasteiger partial charge in [0.2, 0.25) is 0 Å². The molecular formula is C13H27NS. The van der Waals surface area contributed by atoms with E-state index in [9.17, 15) is 0 Å². The first-order chi connectivity index (χ1) is 7.33. The van der Waals surface area contributed by atoms with Crippen molar-refractivity contribution in [1.82, 2.24) is 0 Å². The molecule has 0 saturated heterocycles. The molecule has 1 aliphatic carbocycles. The van der Waals surface area contributed by atoms with Crippen molar-refractivity contribution in [2.75, 3.05) is 5.75 Å². The SMILES string of the molecule is CCCCCC(N)CSC1CCCCC1. The zero-order valence-electron chi connectivity index (χ0n) is 10.2. The lowest BCUT2D eigenvalue weighted by Gasteiger charge is -2.22. The third kappa shape index (κ3) is 6.47. The molecule has 0 heterocycles. The first kappa shape index (κ1) is 13.4. The van der Waals surface area contributed by atoms with Crippen molar-refractivity contribution in [3.8, 4) is 0 Å². The molecule has 1 unspecified atom stereocenters. The van der Waals surface area contributed by atoms with E-state index in [-0.39, 0.29) is 0 Å². The molecule has 2 heteroatoms. The van der Waals surface area contributed by atoms with Gasteiger partial charge in [-0.3, -0.25) is 0 Å². The molecule has 1 fully saturated rings. The van der Waals surface area contributed by atoms with Crippen LogP contribution >= 0.6 is 11.8 Å². The van der Waals surface area contributed by atoms with Crippen molar-refractivity contribution >= 4 is 11.8 Å². The molecule has 0 spiro atoms. The lowest BCUT2D eigenvalue weighted by atomic mass is 10.0. The van der Waals surface area contributed by atoms with E-state index in [2.05, 4.69) is 18.7 Å². The summed E-state index contributed by atoms with van der Waals surface area (Å²) in [6, 6.07) is 0.448. The minimum Gasteiger partial charge on any atom is -0.327 e. The minimum atomic E-state index is 0.448. The summed E-state index contributed by atoms with van der Waals surface area (Å²) in [6.45, 7) is 2.25. The summed E-state index contributed by atoms with van der Waals surface area (Å²) in [5.74, 6) is 1.19. The second-order valence-electron chi connectivity index (χ2n) is 4.85.